The predicted molar refractivity (Wildman–Crippen MR) is 112 cm³/mol. The van der Waals surface area contributed by atoms with Gasteiger partial charge in [-0.15, -0.1) is 0 Å². The van der Waals surface area contributed by atoms with E-state index in [-0.39, 0.29) is 29.3 Å². The fourth-order valence-electron chi connectivity index (χ4n) is 3.59. The second kappa shape index (κ2) is 8.41. The molecule has 0 bridgehead atoms. The third-order valence-electron chi connectivity index (χ3n) is 5.08. The van der Waals surface area contributed by atoms with Crippen molar-refractivity contribution in [3.8, 4) is 28.7 Å². The third kappa shape index (κ3) is 3.54. The number of hydrogen-bond acceptors (Lipinski definition) is 7. The molecule has 0 radical (unpaired) electrons. The van der Waals surface area contributed by atoms with Gasteiger partial charge in [-0.25, -0.2) is 0 Å². The number of hydrogen-bond donors (Lipinski definition) is 2. The molecule has 0 fully saturated rings. The van der Waals surface area contributed by atoms with Crippen LogP contribution in [0.15, 0.2) is 41.7 Å². The molecule has 0 saturated carbocycles. The second-order valence-electron chi connectivity index (χ2n) is 6.72. The zero-order valence-electron chi connectivity index (χ0n) is 17.5. The number of allylic oxidation sites excluding steroid dienone is 3. The van der Waals surface area contributed by atoms with Gasteiger partial charge in [0.05, 0.1) is 34.2 Å². The third-order valence-corrected chi connectivity index (χ3v) is 5.08. The van der Waals surface area contributed by atoms with Gasteiger partial charge in [-0.2, -0.15) is 0 Å². The molecule has 1 aliphatic rings. The second-order valence-corrected chi connectivity index (χ2v) is 6.72. The van der Waals surface area contributed by atoms with Crippen LogP contribution in [0, 0.1) is 0 Å². The zero-order valence-corrected chi connectivity index (χ0v) is 17.5. The molecule has 0 saturated heterocycles. The monoisotopic (exact) mass is 412 g/mol. The lowest BCUT2D eigenvalue weighted by Crippen LogP contribution is -2.06. The van der Waals surface area contributed by atoms with E-state index in [1.54, 1.807) is 18.2 Å². The molecule has 0 aromatic heterocycles. The van der Waals surface area contributed by atoms with Crippen molar-refractivity contribution in [2.45, 2.75) is 13.3 Å². The zero-order chi connectivity index (χ0) is 22.0. The van der Waals surface area contributed by atoms with E-state index < -0.39 is 0 Å². The maximum Gasteiger partial charge on any atom is 0.203 e. The Morgan fingerprint density at radius 3 is 2.13 bits per heavy atom. The fraction of sp³-hybridized carbons (Fsp3) is 0.261. The number of fused-ring (bicyclic) bond motifs is 1. The van der Waals surface area contributed by atoms with Crippen LogP contribution in [0.5, 0.6) is 28.7 Å². The summed E-state index contributed by atoms with van der Waals surface area (Å²) >= 11 is 0. The Hall–Kier alpha value is -3.61. The number of ketones is 1. The number of phenolic OH excluding ortho intramolecular Hbond substituents is 1. The minimum absolute atomic E-state index is 0.0595. The lowest BCUT2D eigenvalue weighted by molar-refractivity contribution is -0.111. The minimum atomic E-state index is -0.337. The largest absolute Gasteiger partial charge is 0.512 e. The number of aliphatic hydroxyl groups is 1. The molecule has 0 spiro atoms. The first kappa shape index (κ1) is 21.1. The van der Waals surface area contributed by atoms with E-state index in [0.29, 0.717) is 45.3 Å². The van der Waals surface area contributed by atoms with Gasteiger partial charge in [0.1, 0.15) is 0 Å². The van der Waals surface area contributed by atoms with Crippen LogP contribution >= 0.6 is 0 Å². The van der Waals surface area contributed by atoms with Gasteiger partial charge in [0.2, 0.25) is 5.75 Å². The Morgan fingerprint density at radius 2 is 1.60 bits per heavy atom. The SMILES string of the molecule is COc1ccc(C2=CC(=O)C(=C(C)O)Cc3c2cc(OC)c(OC)c3OC)cc1O. The van der Waals surface area contributed by atoms with E-state index >= 15 is 0 Å². The highest BCUT2D eigenvalue weighted by Crippen LogP contribution is 2.47. The topological polar surface area (TPSA) is 94.5 Å². The molecular formula is C23H24O7. The van der Waals surface area contributed by atoms with Crippen molar-refractivity contribution >= 4 is 11.4 Å². The fourth-order valence-corrected chi connectivity index (χ4v) is 3.59. The highest BCUT2D eigenvalue weighted by Gasteiger charge is 2.29. The first-order valence-electron chi connectivity index (χ1n) is 9.20. The van der Waals surface area contributed by atoms with Crippen LogP contribution in [0.25, 0.3) is 5.57 Å². The molecule has 2 aromatic carbocycles. The normalized spacial score (nSPS) is 15.0. The standard InChI is InChI=1S/C23H24O7/c1-12(24)14-9-17-16(11-21(28-3)23(30-5)22(17)29-4)15(10-18(14)25)13-6-7-20(27-2)19(26)8-13/h6-8,10-11,24,26H,9H2,1-5H3. The molecule has 0 amide bonds. The van der Waals surface area contributed by atoms with Crippen LogP contribution in [-0.2, 0) is 11.2 Å². The van der Waals surface area contributed by atoms with Gasteiger partial charge < -0.3 is 29.2 Å². The Balaban J connectivity index is 2.39. The molecule has 2 N–H and O–H groups in total. The number of ether oxygens (including phenoxy) is 4. The molecule has 2 aromatic rings. The average Bonchev–Trinajstić information content (AvgIpc) is 2.88. The Labute approximate surface area is 174 Å². The van der Waals surface area contributed by atoms with Gasteiger partial charge in [0, 0.05) is 17.6 Å². The first-order valence-corrected chi connectivity index (χ1v) is 9.20. The maximum atomic E-state index is 12.9. The summed E-state index contributed by atoms with van der Waals surface area (Å²) in [5, 5.41) is 20.4. The highest BCUT2D eigenvalue weighted by atomic mass is 16.5. The number of aliphatic hydroxyl groups excluding tert-OH is 1. The molecule has 0 aliphatic heterocycles. The molecule has 3 rings (SSSR count). The van der Waals surface area contributed by atoms with Gasteiger partial charge >= 0.3 is 0 Å². The van der Waals surface area contributed by atoms with E-state index in [9.17, 15) is 15.0 Å². The Morgan fingerprint density at radius 1 is 0.933 bits per heavy atom. The minimum Gasteiger partial charge on any atom is -0.512 e. The molecule has 0 heterocycles. The number of aromatic hydroxyl groups is 1. The van der Waals surface area contributed by atoms with E-state index in [4.69, 9.17) is 18.9 Å². The van der Waals surface area contributed by atoms with Crippen molar-refractivity contribution in [2.24, 2.45) is 0 Å². The lowest BCUT2D eigenvalue weighted by Gasteiger charge is -2.20. The highest BCUT2D eigenvalue weighted by molar-refractivity contribution is 6.12. The van der Waals surface area contributed by atoms with E-state index in [1.807, 2.05) is 0 Å². The number of methoxy groups -OCH3 is 4. The van der Waals surface area contributed by atoms with E-state index in [0.717, 1.165) is 0 Å². The summed E-state index contributed by atoms with van der Waals surface area (Å²) in [7, 11) is 5.97. The van der Waals surface area contributed by atoms with Gasteiger partial charge in [0.15, 0.2) is 28.8 Å². The van der Waals surface area contributed by atoms with Crippen molar-refractivity contribution in [2.75, 3.05) is 28.4 Å². The smallest absolute Gasteiger partial charge is 0.203 e. The molecule has 0 unspecified atom stereocenters. The Kier molecular flexibility index (Phi) is 5.91. The van der Waals surface area contributed by atoms with Gasteiger partial charge in [-0.05, 0) is 47.9 Å². The van der Waals surface area contributed by atoms with Gasteiger partial charge in [0.25, 0.3) is 0 Å². The quantitative estimate of drug-likeness (QED) is 0.570. The molecular weight excluding hydrogens is 388 g/mol. The summed E-state index contributed by atoms with van der Waals surface area (Å²) in [5.41, 5.74) is 2.71. The average molecular weight is 412 g/mol. The molecule has 1 aliphatic carbocycles. The summed E-state index contributed by atoms with van der Waals surface area (Å²) in [4.78, 5) is 12.9. The van der Waals surface area contributed by atoms with E-state index in [2.05, 4.69) is 0 Å². The van der Waals surface area contributed by atoms with Gasteiger partial charge in [-0.3, -0.25) is 4.79 Å². The predicted octanol–water partition coefficient (Wildman–Crippen LogP) is 3.82. The van der Waals surface area contributed by atoms with Crippen LogP contribution in [0.4, 0.5) is 0 Å². The van der Waals surface area contributed by atoms with Crippen LogP contribution in [0.3, 0.4) is 0 Å². The van der Waals surface area contributed by atoms with Crippen LogP contribution in [-0.4, -0.2) is 44.4 Å². The molecule has 0 atom stereocenters. The summed E-state index contributed by atoms with van der Waals surface area (Å²) in [6.07, 6.45) is 1.58. The number of phenols is 1. The van der Waals surface area contributed by atoms with Crippen LogP contribution < -0.4 is 18.9 Å². The van der Waals surface area contributed by atoms with Gasteiger partial charge in [-0.1, -0.05) is 6.07 Å². The molecule has 30 heavy (non-hydrogen) atoms. The maximum absolute atomic E-state index is 12.9. The molecule has 7 nitrogen and oxygen atoms in total. The molecule has 7 heteroatoms. The van der Waals surface area contributed by atoms with Crippen molar-refractivity contribution in [3.05, 3.63) is 58.4 Å². The van der Waals surface area contributed by atoms with Crippen molar-refractivity contribution in [1.82, 2.24) is 0 Å². The van der Waals surface area contributed by atoms with Crippen molar-refractivity contribution < 1.29 is 34.0 Å². The van der Waals surface area contributed by atoms with Crippen LogP contribution in [0.1, 0.15) is 23.6 Å². The van der Waals surface area contributed by atoms with Crippen molar-refractivity contribution in [3.63, 3.8) is 0 Å². The van der Waals surface area contributed by atoms with E-state index in [1.165, 1.54) is 47.5 Å². The number of rotatable bonds is 5. The Bertz CT molecular complexity index is 1060. The summed E-state index contributed by atoms with van der Waals surface area (Å²) in [6, 6.07) is 6.63. The lowest BCUT2D eigenvalue weighted by atomic mass is 9.91. The van der Waals surface area contributed by atoms with Crippen LogP contribution in [0.2, 0.25) is 0 Å². The number of benzene rings is 2. The van der Waals surface area contributed by atoms with Crippen molar-refractivity contribution in [1.29, 1.82) is 0 Å². The number of carbonyl (C=O) groups excluding carboxylic acids is 1. The number of carbonyl (C=O) groups is 1. The molecule has 158 valence electrons. The summed E-state index contributed by atoms with van der Waals surface area (Å²) in [6.45, 7) is 1.47. The summed E-state index contributed by atoms with van der Waals surface area (Å²) in [5.74, 6) is 1.07. The first-order chi connectivity index (χ1) is 14.4. The summed E-state index contributed by atoms with van der Waals surface area (Å²) < 4.78 is 21.7.